The summed E-state index contributed by atoms with van der Waals surface area (Å²) in [5.41, 5.74) is 0.988. The third-order valence-electron chi connectivity index (χ3n) is 2.82. The Bertz CT molecular complexity index is 621. The molecule has 0 aliphatic rings. The van der Waals surface area contributed by atoms with E-state index in [0.29, 0.717) is 4.90 Å². The van der Waals surface area contributed by atoms with Crippen molar-refractivity contribution in [3.63, 3.8) is 0 Å². The van der Waals surface area contributed by atoms with Gasteiger partial charge in [0.25, 0.3) is 0 Å². The van der Waals surface area contributed by atoms with Crippen LogP contribution in [0.2, 0.25) is 0 Å². The molecule has 0 bridgehead atoms. The SMILES string of the molecule is C=C/C=C(O)\C=C/C(C)c1ccc(S(=O)NCC(=O)O)cc1.CCC. The highest BCUT2D eigenvalue weighted by Gasteiger charge is 2.07. The van der Waals surface area contributed by atoms with Gasteiger partial charge in [-0.3, -0.25) is 4.79 Å². The molecule has 0 saturated heterocycles. The smallest absolute Gasteiger partial charge is 0.318 e. The number of hydrogen-bond acceptors (Lipinski definition) is 3. The van der Waals surface area contributed by atoms with Crippen molar-refractivity contribution in [1.29, 1.82) is 0 Å². The van der Waals surface area contributed by atoms with E-state index in [9.17, 15) is 14.1 Å². The summed E-state index contributed by atoms with van der Waals surface area (Å²) in [5, 5.41) is 18.0. The third-order valence-corrected chi connectivity index (χ3v) is 3.93. The van der Waals surface area contributed by atoms with Gasteiger partial charge in [0.1, 0.15) is 23.3 Å². The summed E-state index contributed by atoms with van der Waals surface area (Å²) in [6.45, 7) is 9.35. The van der Waals surface area contributed by atoms with Gasteiger partial charge in [0, 0.05) is 0 Å². The molecule has 0 fully saturated rings. The first-order valence-electron chi connectivity index (χ1n) is 8.02. The van der Waals surface area contributed by atoms with Crippen molar-refractivity contribution >= 4 is 17.0 Å². The van der Waals surface area contributed by atoms with E-state index < -0.39 is 17.0 Å². The fourth-order valence-electron chi connectivity index (χ4n) is 1.64. The van der Waals surface area contributed by atoms with Gasteiger partial charge in [0.2, 0.25) is 0 Å². The first kappa shape index (κ1) is 22.8. The van der Waals surface area contributed by atoms with Crippen LogP contribution in [0.5, 0.6) is 0 Å². The molecule has 0 aromatic heterocycles. The highest BCUT2D eigenvalue weighted by molar-refractivity contribution is 7.83. The van der Waals surface area contributed by atoms with Crippen LogP contribution in [0, 0.1) is 0 Å². The van der Waals surface area contributed by atoms with Gasteiger partial charge in [-0.1, -0.05) is 58.1 Å². The molecule has 0 heterocycles. The van der Waals surface area contributed by atoms with Crippen LogP contribution < -0.4 is 4.72 Å². The van der Waals surface area contributed by atoms with Crippen LogP contribution in [0.3, 0.4) is 0 Å². The molecule has 0 radical (unpaired) electrons. The second-order valence-corrected chi connectivity index (χ2v) is 6.53. The van der Waals surface area contributed by atoms with Gasteiger partial charge in [-0.05, 0) is 35.8 Å². The molecule has 5 nitrogen and oxygen atoms in total. The number of aliphatic carboxylic acids is 1. The van der Waals surface area contributed by atoms with Crippen molar-refractivity contribution in [1.82, 2.24) is 4.72 Å². The largest absolute Gasteiger partial charge is 0.508 e. The van der Waals surface area contributed by atoms with Crippen LogP contribution in [-0.2, 0) is 15.8 Å². The average molecular weight is 365 g/mol. The van der Waals surface area contributed by atoms with E-state index in [-0.39, 0.29) is 18.2 Å². The maximum atomic E-state index is 11.8. The fourth-order valence-corrected chi connectivity index (χ4v) is 2.44. The lowest BCUT2D eigenvalue weighted by molar-refractivity contribution is -0.135. The second kappa shape index (κ2) is 13.1. The quantitative estimate of drug-likeness (QED) is 0.478. The van der Waals surface area contributed by atoms with Crippen molar-refractivity contribution < 1.29 is 19.2 Å². The lowest BCUT2D eigenvalue weighted by atomic mass is 10.0. The van der Waals surface area contributed by atoms with Gasteiger partial charge in [-0.2, -0.15) is 0 Å². The summed E-state index contributed by atoms with van der Waals surface area (Å²) in [6, 6.07) is 7.01. The molecule has 138 valence electrons. The Kier molecular flexibility index (Phi) is 12.0. The maximum absolute atomic E-state index is 11.8. The van der Waals surface area contributed by atoms with E-state index in [0.717, 1.165) is 5.56 Å². The van der Waals surface area contributed by atoms with Crippen LogP contribution >= 0.6 is 0 Å². The molecule has 2 atom stereocenters. The van der Waals surface area contributed by atoms with Gasteiger partial charge in [0.15, 0.2) is 0 Å². The lowest BCUT2D eigenvalue weighted by Gasteiger charge is -2.08. The molecule has 0 saturated carbocycles. The molecule has 1 rings (SSSR count). The Morgan fingerprint density at radius 1 is 1.28 bits per heavy atom. The fraction of sp³-hybridized carbons (Fsp3) is 0.316. The van der Waals surface area contributed by atoms with Gasteiger partial charge in [0.05, 0.1) is 4.90 Å². The molecule has 6 heteroatoms. The van der Waals surface area contributed by atoms with Gasteiger partial charge in [-0.15, -0.1) is 0 Å². The monoisotopic (exact) mass is 365 g/mol. The topological polar surface area (TPSA) is 86.6 Å². The molecule has 0 aliphatic carbocycles. The maximum Gasteiger partial charge on any atom is 0.318 e. The van der Waals surface area contributed by atoms with E-state index >= 15 is 0 Å². The first-order valence-corrected chi connectivity index (χ1v) is 9.17. The Morgan fingerprint density at radius 3 is 2.32 bits per heavy atom. The zero-order chi connectivity index (χ0) is 19.2. The summed E-state index contributed by atoms with van der Waals surface area (Å²) >= 11 is 0. The second-order valence-electron chi connectivity index (χ2n) is 5.23. The van der Waals surface area contributed by atoms with E-state index in [1.807, 2.05) is 25.1 Å². The van der Waals surface area contributed by atoms with E-state index in [1.54, 1.807) is 18.2 Å². The summed E-state index contributed by atoms with van der Waals surface area (Å²) in [4.78, 5) is 10.9. The summed E-state index contributed by atoms with van der Waals surface area (Å²) < 4.78 is 14.2. The highest BCUT2D eigenvalue weighted by atomic mass is 32.2. The van der Waals surface area contributed by atoms with Gasteiger partial charge >= 0.3 is 5.97 Å². The van der Waals surface area contributed by atoms with Crippen molar-refractivity contribution in [3.05, 3.63) is 66.5 Å². The minimum Gasteiger partial charge on any atom is -0.508 e. The molecule has 0 spiro atoms. The van der Waals surface area contributed by atoms with Crippen LogP contribution in [-0.4, -0.2) is 26.9 Å². The number of carboxylic acids is 1. The number of hydrogen-bond donors (Lipinski definition) is 3. The van der Waals surface area contributed by atoms with Crippen LogP contribution in [0.4, 0.5) is 0 Å². The number of aliphatic hydroxyl groups excluding tert-OH is 1. The van der Waals surface area contributed by atoms with Crippen LogP contribution in [0.1, 0.15) is 38.7 Å². The zero-order valence-electron chi connectivity index (χ0n) is 14.9. The van der Waals surface area contributed by atoms with Crippen LogP contribution in [0.25, 0.3) is 0 Å². The highest BCUT2D eigenvalue weighted by Crippen LogP contribution is 2.18. The number of benzene rings is 1. The molecule has 2 unspecified atom stereocenters. The van der Waals surface area contributed by atoms with Gasteiger partial charge < -0.3 is 10.2 Å². The van der Waals surface area contributed by atoms with Crippen molar-refractivity contribution in [3.8, 4) is 0 Å². The molecule has 1 aromatic carbocycles. The minimum absolute atomic E-state index is 0.0647. The zero-order valence-corrected chi connectivity index (χ0v) is 15.8. The Morgan fingerprint density at radius 2 is 1.84 bits per heavy atom. The number of allylic oxidation sites excluding steroid dienone is 4. The summed E-state index contributed by atoms with van der Waals surface area (Å²) in [7, 11) is -1.55. The normalized spacial score (nSPS) is 13.6. The van der Waals surface area contributed by atoms with E-state index in [2.05, 4.69) is 25.1 Å². The summed E-state index contributed by atoms with van der Waals surface area (Å²) in [6.07, 6.45) is 7.67. The van der Waals surface area contributed by atoms with Crippen LogP contribution in [0.15, 0.2) is 65.8 Å². The Balaban J connectivity index is 0.00000178. The molecular weight excluding hydrogens is 338 g/mol. The standard InChI is InChI=1S/C16H19NO4S.C3H8/c1-3-4-14(18)8-5-12(2)13-6-9-15(10-7-13)22(21)17-11-16(19)20;1-3-2/h3-10,12,17-18H,1,11H2,2H3,(H,19,20);3H2,1-2H3/b8-5-,14-4+;. The van der Waals surface area contributed by atoms with Gasteiger partial charge in [-0.25, -0.2) is 8.93 Å². The number of rotatable bonds is 8. The first-order chi connectivity index (χ1) is 11.8. The molecule has 3 N–H and O–H groups in total. The Labute approximate surface area is 152 Å². The third kappa shape index (κ3) is 10.3. The molecule has 0 aliphatic heterocycles. The van der Waals surface area contributed by atoms with E-state index in [4.69, 9.17) is 5.11 Å². The number of aliphatic hydroxyl groups is 1. The summed E-state index contributed by atoms with van der Waals surface area (Å²) in [5.74, 6) is -0.872. The molecular formula is C19H27NO4S. The number of nitrogens with one attached hydrogen (secondary N) is 1. The molecule has 1 aromatic rings. The van der Waals surface area contributed by atoms with Crippen molar-refractivity contribution in [2.75, 3.05) is 6.54 Å². The van der Waals surface area contributed by atoms with Crippen molar-refractivity contribution in [2.45, 2.75) is 38.0 Å². The van der Waals surface area contributed by atoms with E-state index in [1.165, 1.54) is 18.6 Å². The number of carbonyl (C=O) groups is 1. The lowest BCUT2D eigenvalue weighted by Crippen LogP contribution is -2.24. The average Bonchev–Trinajstić information content (AvgIpc) is 2.58. The van der Waals surface area contributed by atoms with Crippen molar-refractivity contribution in [2.24, 2.45) is 0 Å². The predicted molar refractivity (Wildman–Crippen MR) is 103 cm³/mol. The molecule has 0 amide bonds. The Hall–Kier alpha value is -2.18. The minimum atomic E-state index is -1.55. The number of carboxylic acid groups (broad SMARTS) is 1. The molecule has 25 heavy (non-hydrogen) atoms. The predicted octanol–water partition coefficient (Wildman–Crippen LogP) is 4.09.